The van der Waals surface area contributed by atoms with Crippen LogP contribution in [0.3, 0.4) is 0 Å². The van der Waals surface area contributed by atoms with Crippen LogP contribution in [0.25, 0.3) is 16.7 Å². The third-order valence-electron chi connectivity index (χ3n) is 3.19. The molecule has 0 aliphatic carbocycles. The number of hydrogen-bond donors (Lipinski definition) is 0. The lowest BCUT2D eigenvalue weighted by molar-refractivity contribution is 0.178. The normalized spacial score (nSPS) is 11.5. The maximum absolute atomic E-state index is 12.6. The van der Waals surface area contributed by atoms with E-state index in [4.69, 9.17) is 4.74 Å². The van der Waals surface area contributed by atoms with Gasteiger partial charge in [0.2, 0.25) is 0 Å². The fourth-order valence-electron chi connectivity index (χ4n) is 2.23. The molecule has 0 amide bonds. The molecular formula is C12H10N8O2. The van der Waals surface area contributed by atoms with E-state index in [0.29, 0.717) is 22.5 Å². The molecule has 0 saturated heterocycles. The second-order valence-electron chi connectivity index (χ2n) is 4.54. The van der Waals surface area contributed by atoms with Crippen LogP contribution in [0.2, 0.25) is 0 Å². The highest BCUT2D eigenvalue weighted by Gasteiger charge is 2.11. The van der Waals surface area contributed by atoms with Gasteiger partial charge in [0.1, 0.15) is 19.3 Å². The third-order valence-corrected chi connectivity index (χ3v) is 3.19. The highest BCUT2D eigenvalue weighted by Crippen LogP contribution is 2.10. The SMILES string of the molecule is COCc1nc2ncc3c(=O)n(-n4cnnc4)ccc3n2n1. The van der Waals surface area contributed by atoms with Crippen LogP contribution in [0.1, 0.15) is 5.82 Å². The minimum atomic E-state index is -0.254. The molecule has 4 rings (SSSR count). The standard InChI is InChI=1S/C12H10N8O2/c1-22-5-10-16-12-13-4-8-9(20(12)17-10)2-3-19(11(8)21)18-6-14-15-7-18/h2-4,6-7H,5H2,1H3. The summed E-state index contributed by atoms with van der Waals surface area (Å²) < 4.78 is 9.40. The minimum absolute atomic E-state index is 0.254. The van der Waals surface area contributed by atoms with Crippen molar-refractivity contribution in [2.75, 3.05) is 7.11 Å². The predicted molar refractivity (Wildman–Crippen MR) is 74.1 cm³/mol. The zero-order valence-corrected chi connectivity index (χ0v) is 11.5. The number of fused-ring (bicyclic) bond motifs is 3. The molecule has 0 spiro atoms. The number of rotatable bonds is 3. The van der Waals surface area contributed by atoms with Crippen molar-refractivity contribution in [2.24, 2.45) is 0 Å². The van der Waals surface area contributed by atoms with Crippen molar-refractivity contribution in [3.05, 3.63) is 47.3 Å². The van der Waals surface area contributed by atoms with Crippen LogP contribution in [-0.4, -0.2) is 46.2 Å². The van der Waals surface area contributed by atoms with Gasteiger partial charge in [-0.05, 0) is 6.07 Å². The zero-order valence-electron chi connectivity index (χ0n) is 11.5. The molecule has 4 heterocycles. The lowest BCUT2D eigenvalue weighted by Gasteiger charge is -2.06. The lowest BCUT2D eigenvalue weighted by Crippen LogP contribution is -2.25. The first-order valence-corrected chi connectivity index (χ1v) is 6.38. The van der Waals surface area contributed by atoms with Gasteiger partial charge < -0.3 is 4.74 Å². The van der Waals surface area contributed by atoms with Gasteiger partial charge in [0, 0.05) is 19.5 Å². The maximum atomic E-state index is 12.6. The number of pyridine rings is 1. The fourth-order valence-corrected chi connectivity index (χ4v) is 2.23. The monoisotopic (exact) mass is 298 g/mol. The first-order chi connectivity index (χ1) is 10.8. The van der Waals surface area contributed by atoms with Gasteiger partial charge in [-0.25, -0.2) is 14.3 Å². The summed E-state index contributed by atoms with van der Waals surface area (Å²) in [4.78, 5) is 21.0. The molecule has 4 aromatic heterocycles. The topological polar surface area (TPSA) is 105 Å². The molecule has 22 heavy (non-hydrogen) atoms. The van der Waals surface area contributed by atoms with Crippen LogP contribution in [0.5, 0.6) is 0 Å². The van der Waals surface area contributed by atoms with Crippen molar-refractivity contribution in [1.29, 1.82) is 0 Å². The van der Waals surface area contributed by atoms with Crippen molar-refractivity contribution in [3.8, 4) is 0 Å². The summed E-state index contributed by atoms with van der Waals surface area (Å²) in [6, 6.07) is 1.76. The van der Waals surface area contributed by atoms with Gasteiger partial charge in [0.05, 0.1) is 10.9 Å². The summed E-state index contributed by atoms with van der Waals surface area (Å²) in [7, 11) is 1.56. The van der Waals surface area contributed by atoms with Gasteiger partial charge in [-0.2, -0.15) is 9.50 Å². The Morgan fingerprint density at radius 3 is 2.86 bits per heavy atom. The van der Waals surface area contributed by atoms with Crippen molar-refractivity contribution in [2.45, 2.75) is 6.61 Å². The molecule has 0 aromatic carbocycles. The Labute approximate surface area is 122 Å². The van der Waals surface area contributed by atoms with E-state index in [-0.39, 0.29) is 12.2 Å². The van der Waals surface area contributed by atoms with E-state index in [2.05, 4.69) is 25.3 Å². The van der Waals surface area contributed by atoms with E-state index in [1.165, 1.54) is 32.7 Å². The molecule has 0 bridgehead atoms. The van der Waals surface area contributed by atoms with E-state index in [1.807, 2.05) is 0 Å². The van der Waals surface area contributed by atoms with E-state index in [0.717, 1.165) is 0 Å². The highest BCUT2D eigenvalue weighted by molar-refractivity contribution is 5.78. The number of ether oxygens (including phenoxy) is 1. The molecule has 0 aliphatic heterocycles. The molecule has 4 aromatic rings. The van der Waals surface area contributed by atoms with Crippen molar-refractivity contribution >= 4 is 16.7 Å². The summed E-state index contributed by atoms with van der Waals surface area (Å²) in [5.74, 6) is 0.923. The first-order valence-electron chi connectivity index (χ1n) is 6.38. The molecule has 0 N–H and O–H groups in total. The van der Waals surface area contributed by atoms with Crippen LogP contribution in [0.15, 0.2) is 35.9 Å². The van der Waals surface area contributed by atoms with Crippen LogP contribution < -0.4 is 5.56 Å². The quantitative estimate of drug-likeness (QED) is 0.501. The van der Waals surface area contributed by atoms with E-state index in [9.17, 15) is 4.79 Å². The molecule has 110 valence electrons. The highest BCUT2D eigenvalue weighted by atomic mass is 16.5. The van der Waals surface area contributed by atoms with Crippen LogP contribution in [0.4, 0.5) is 0 Å². The summed E-state index contributed by atoms with van der Waals surface area (Å²) in [6.45, 7) is 0.280. The van der Waals surface area contributed by atoms with Crippen LogP contribution >= 0.6 is 0 Å². The zero-order chi connectivity index (χ0) is 15.1. The summed E-state index contributed by atoms with van der Waals surface area (Å²) in [5.41, 5.74) is 0.365. The molecule has 0 fully saturated rings. The average Bonchev–Trinajstić information content (AvgIpc) is 3.16. The largest absolute Gasteiger partial charge is 0.377 e. The Morgan fingerprint density at radius 2 is 2.09 bits per heavy atom. The Morgan fingerprint density at radius 1 is 1.27 bits per heavy atom. The third kappa shape index (κ3) is 1.78. The second kappa shape index (κ2) is 4.70. The van der Waals surface area contributed by atoms with Crippen molar-refractivity contribution in [3.63, 3.8) is 0 Å². The van der Waals surface area contributed by atoms with Crippen molar-refractivity contribution < 1.29 is 4.74 Å². The number of aromatic nitrogens is 8. The number of nitrogens with zero attached hydrogens (tertiary/aromatic N) is 8. The fraction of sp³-hybridized carbons (Fsp3) is 0.167. The molecule has 0 saturated carbocycles. The van der Waals surface area contributed by atoms with E-state index in [1.54, 1.807) is 19.4 Å². The van der Waals surface area contributed by atoms with Crippen molar-refractivity contribution in [1.82, 2.24) is 39.1 Å². The number of hydrogen-bond acceptors (Lipinski definition) is 7. The first kappa shape index (κ1) is 12.6. The second-order valence-corrected chi connectivity index (χ2v) is 4.54. The van der Waals surface area contributed by atoms with E-state index >= 15 is 0 Å². The van der Waals surface area contributed by atoms with Gasteiger partial charge in [0.25, 0.3) is 11.3 Å². The minimum Gasteiger partial charge on any atom is -0.377 e. The molecular weight excluding hydrogens is 288 g/mol. The maximum Gasteiger partial charge on any atom is 0.280 e. The lowest BCUT2D eigenvalue weighted by atomic mass is 10.3. The van der Waals surface area contributed by atoms with Gasteiger partial charge in [0.15, 0.2) is 5.82 Å². The molecule has 0 unspecified atom stereocenters. The molecule has 0 aliphatic rings. The molecule has 10 heteroatoms. The van der Waals surface area contributed by atoms with Gasteiger partial charge in [-0.3, -0.25) is 4.79 Å². The summed E-state index contributed by atoms with van der Waals surface area (Å²) in [6.07, 6.45) is 5.97. The van der Waals surface area contributed by atoms with Crippen LogP contribution in [0, 0.1) is 0 Å². The predicted octanol–water partition coefficient (Wildman–Crippen LogP) is -0.512. The summed E-state index contributed by atoms with van der Waals surface area (Å²) >= 11 is 0. The van der Waals surface area contributed by atoms with Crippen LogP contribution in [-0.2, 0) is 11.3 Å². The Kier molecular flexibility index (Phi) is 2.69. The molecule has 0 radical (unpaired) electrons. The van der Waals surface area contributed by atoms with Gasteiger partial charge >= 0.3 is 0 Å². The smallest absolute Gasteiger partial charge is 0.280 e. The Hall–Kier alpha value is -3.14. The van der Waals surface area contributed by atoms with E-state index < -0.39 is 0 Å². The van der Waals surface area contributed by atoms with Gasteiger partial charge in [-0.1, -0.05) is 0 Å². The average molecular weight is 298 g/mol. The summed E-state index contributed by atoms with van der Waals surface area (Å²) in [5, 5.41) is 12.1. The van der Waals surface area contributed by atoms with Gasteiger partial charge in [-0.15, -0.1) is 15.3 Å². The number of methoxy groups -OCH3 is 1. The molecule has 10 nitrogen and oxygen atoms in total. The Balaban J connectivity index is 2.00. The Bertz CT molecular complexity index is 1020. The molecule has 0 atom stereocenters.